The number of nitrogens with zero attached hydrogens (tertiary/aromatic N) is 4. The minimum absolute atomic E-state index is 0.126. The summed E-state index contributed by atoms with van der Waals surface area (Å²) in [5.74, 6) is 0. The van der Waals surface area contributed by atoms with Crippen LogP contribution in [0, 0.1) is 11.3 Å². The number of halogens is 6. The molecule has 3 rings (SSSR count). The first-order valence-electron chi connectivity index (χ1n) is 8.30. The molecule has 2 unspecified atom stereocenters. The van der Waals surface area contributed by atoms with E-state index in [9.17, 15) is 18.4 Å². The van der Waals surface area contributed by atoms with Crippen LogP contribution in [-0.4, -0.2) is 26.0 Å². The van der Waals surface area contributed by atoms with Gasteiger partial charge in [0.2, 0.25) is 0 Å². The molecule has 156 valence electrons. The first-order valence-corrected chi connectivity index (χ1v) is 10.3. The van der Waals surface area contributed by atoms with E-state index in [1.165, 1.54) is 23.0 Å². The van der Waals surface area contributed by atoms with Crippen molar-refractivity contribution in [3.8, 4) is 6.07 Å². The summed E-state index contributed by atoms with van der Waals surface area (Å²) in [5, 5.41) is 21.8. The zero-order chi connectivity index (χ0) is 22.2. The standard InChI is InChI=1S/C18H11BrCl2F3N5S/c1-8(29-27-15-12(21)6-11(20)14(19)16(15)28-29)13(7-25)26-17(30)9-2-4-10(5-3-9)18(22,23)24/h2-6,8,13H,1H3,(H,26,30). The summed E-state index contributed by atoms with van der Waals surface area (Å²) in [4.78, 5) is 1.44. The Labute approximate surface area is 192 Å². The molecule has 0 aliphatic rings. The predicted molar refractivity (Wildman–Crippen MR) is 116 cm³/mol. The Morgan fingerprint density at radius 1 is 1.20 bits per heavy atom. The van der Waals surface area contributed by atoms with E-state index in [1.807, 2.05) is 0 Å². The molecule has 0 aliphatic carbocycles. The summed E-state index contributed by atoms with van der Waals surface area (Å²) < 4.78 is 38.7. The molecule has 0 saturated carbocycles. The zero-order valence-electron chi connectivity index (χ0n) is 15.0. The van der Waals surface area contributed by atoms with Crippen LogP contribution >= 0.6 is 51.3 Å². The molecule has 1 N–H and O–H groups in total. The van der Waals surface area contributed by atoms with Gasteiger partial charge < -0.3 is 5.32 Å². The molecule has 0 amide bonds. The molecule has 12 heteroatoms. The minimum atomic E-state index is -4.44. The highest BCUT2D eigenvalue weighted by Gasteiger charge is 2.30. The van der Waals surface area contributed by atoms with Gasteiger partial charge in [-0.1, -0.05) is 47.6 Å². The van der Waals surface area contributed by atoms with Crippen LogP contribution in [-0.2, 0) is 6.18 Å². The molecule has 1 heterocycles. The van der Waals surface area contributed by atoms with E-state index in [-0.39, 0.29) is 4.99 Å². The smallest absolute Gasteiger partial charge is 0.359 e. The van der Waals surface area contributed by atoms with Gasteiger partial charge in [0.25, 0.3) is 0 Å². The van der Waals surface area contributed by atoms with Crippen molar-refractivity contribution in [1.82, 2.24) is 20.3 Å². The molecule has 3 aromatic rings. The van der Waals surface area contributed by atoms with Gasteiger partial charge in [0, 0.05) is 5.56 Å². The van der Waals surface area contributed by atoms with E-state index < -0.39 is 23.8 Å². The van der Waals surface area contributed by atoms with E-state index in [2.05, 4.69) is 37.5 Å². The lowest BCUT2D eigenvalue weighted by molar-refractivity contribution is -0.137. The van der Waals surface area contributed by atoms with Gasteiger partial charge in [-0.05, 0) is 41.1 Å². The Morgan fingerprint density at radius 2 is 1.80 bits per heavy atom. The molecule has 2 atom stereocenters. The van der Waals surface area contributed by atoms with Crippen LogP contribution < -0.4 is 5.32 Å². The minimum Gasteiger partial charge on any atom is -0.359 e. The lowest BCUT2D eigenvalue weighted by Gasteiger charge is -2.20. The lowest BCUT2D eigenvalue weighted by Crippen LogP contribution is -2.39. The average Bonchev–Trinajstić information content (AvgIpc) is 3.15. The van der Waals surface area contributed by atoms with Crippen LogP contribution in [0.4, 0.5) is 13.2 Å². The number of nitriles is 1. The summed E-state index contributed by atoms with van der Waals surface area (Å²) in [6.45, 7) is 1.69. The van der Waals surface area contributed by atoms with Crippen LogP contribution in [0.15, 0.2) is 34.8 Å². The molecule has 0 bridgehead atoms. The van der Waals surface area contributed by atoms with Crippen LogP contribution in [0.3, 0.4) is 0 Å². The fourth-order valence-electron chi connectivity index (χ4n) is 2.60. The Morgan fingerprint density at radius 3 is 2.37 bits per heavy atom. The van der Waals surface area contributed by atoms with Crippen LogP contribution in [0.1, 0.15) is 24.1 Å². The number of aromatic nitrogens is 3. The van der Waals surface area contributed by atoms with Gasteiger partial charge in [0.05, 0.1) is 26.2 Å². The number of hydrogen-bond acceptors (Lipinski definition) is 4. The van der Waals surface area contributed by atoms with Gasteiger partial charge >= 0.3 is 6.18 Å². The number of alkyl halides is 3. The lowest BCUT2D eigenvalue weighted by atomic mass is 10.1. The summed E-state index contributed by atoms with van der Waals surface area (Å²) >= 11 is 20.8. The highest BCUT2D eigenvalue weighted by Crippen LogP contribution is 2.34. The predicted octanol–water partition coefficient (Wildman–Crippen LogP) is 5.94. The second kappa shape index (κ2) is 8.67. The van der Waals surface area contributed by atoms with Gasteiger partial charge in [0.15, 0.2) is 0 Å². The van der Waals surface area contributed by atoms with Crippen molar-refractivity contribution >= 4 is 67.4 Å². The molecule has 1 aromatic heterocycles. The maximum atomic E-state index is 12.7. The highest BCUT2D eigenvalue weighted by atomic mass is 79.9. The van der Waals surface area contributed by atoms with Gasteiger partial charge in [-0.2, -0.15) is 33.4 Å². The third kappa shape index (κ3) is 4.54. The van der Waals surface area contributed by atoms with E-state index in [0.717, 1.165) is 12.1 Å². The van der Waals surface area contributed by atoms with Crippen LogP contribution in [0.25, 0.3) is 11.0 Å². The molecular formula is C18H11BrCl2F3N5S. The van der Waals surface area contributed by atoms with Crippen LogP contribution in [0.5, 0.6) is 0 Å². The first kappa shape index (κ1) is 22.7. The second-order valence-corrected chi connectivity index (χ2v) is 8.28. The maximum Gasteiger partial charge on any atom is 0.416 e. The Hall–Kier alpha value is -1.93. The second-order valence-electron chi connectivity index (χ2n) is 6.27. The third-order valence-corrected chi connectivity index (χ3v) is 6.24. The van der Waals surface area contributed by atoms with Crippen molar-refractivity contribution in [3.05, 3.63) is 56.0 Å². The summed E-state index contributed by atoms with van der Waals surface area (Å²) in [7, 11) is 0. The molecular weight excluding hydrogens is 526 g/mol. The van der Waals surface area contributed by atoms with E-state index in [4.69, 9.17) is 35.4 Å². The average molecular weight is 537 g/mol. The van der Waals surface area contributed by atoms with Gasteiger partial charge in [0.1, 0.15) is 28.1 Å². The maximum absolute atomic E-state index is 12.7. The van der Waals surface area contributed by atoms with E-state index in [1.54, 1.807) is 6.92 Å². The topological polar surface area (TPSA) is 66.5 Å². The first-order chi connectivity index (χ1) is 14.0. The fraction of sp³-hybridized carbons (Fsp3) is 0.222. The highest BCUT2D eigenvalue weighted by molar-refractivity contribution is 9.10. The van der Waals surface area contributed by atoms with Crippen LogP contribution in [0.2, 0.25) is 10.0 Å². The van der Waals surface area contributed by atoms with E-state index >= 15 is 0 Å². The van der Waals surface area contributed by atoms with Gasteiger partial charge in [-0.15, -0.1) is 0 Å². The fourth-order valence-corrected chi connectivity index (χ4v) is 3.73. The number of benzene rings is 2. The largest absolute Gasteiger partial charge is 0.416 e. The van der Waals surface area contributed by atoms with Crippen molar-refractivity contribution in [2.24, 2.45) is 0 Å². The van der Waals surface area contributed by atoms with Gasteiger partial charge in [-0.3, -0.25) is 0 Å². The number of thiocarbonyl (C=S) groups is 1. The summed E-state index contributed by atoms with van der Waals surface area (Å²) in [6, 6.07) is 6.50. The quantitative estimate of drug-likeness (QED) is 0.330. The number of hydrogen-bond donors (Lipinski definition) is 1. The summed E-state index contributed by atoms with van der Waals surface area (Å²) in [5.41, 5.74) is 0.401. The number of nitrogens with one attached hydrogen (secondary N) is 1. The number of rotatable bonds is 4. The van der Waals surface area contributed by atoms with Gasteiger partial charge in [-0.25, -0.2) is 0 Å². The molecule has 2 aromatic carbocycles. The van der Waals surface area contributed by atoms with Crippen molar-refractivity contribution in [1.29, 1.82) is 5.26 Å². The van der Waals surface area contributed by atoms with E-state index in [0.29, 0.717) is 31.1 Å². The molecule has 0 fully saturated rings. The van der Waals surface area contributed by atoms with Crippen molar-refractivity contribution in [3.63, 3.8) is 0 Å². The Balaban J connectivity index is 1.83. The molecule has 0 radical (unpaired) electrons. The van der Waals surface area contributed by atoms with Crippen molar-refractivity contribution in [2.45, 2.75) is 25.2 Å². The zero-order valence-corrected chi connectivity index (χ0v) is 18.9. The Kier molecular flexibility index (Phi) is 6.57. The van der Waals surface area contributed by atoms with Crippen molar-refractivity contribution in [2.75, 3.05) is 0 Å². The molecule has 0 aliphatic heterocycles. The monoisotopic (exact) mass is 535 g/mol. The normalized spacial score (nSPS) is 13.7. The Bertz CT molecular complexity index is 1160. The third-order valence-electron chi connectivity index (χ3n) is 4.27. The molecule has 5 nitrogen and oxygen atoms in total. The summed E-state index contributed by atoms with van der Waals surface area (Å²) in [6.07, 6.45) is -4.44. The van der Waals surface area contributed by atoms with Crippen molar-refractivity contribution < 1.29 is 13.2 Å². The molecule has 30 heavy (non-hydrogen) atoms. The number of fused-ring (bicyclic) bond motifs is 1. The molecule has 0 saturated heterocycles. The molecule has 0 spiro atoms. The SMILES string of the molecule is CC(C(C#N)NC(=S)c1ccc(C(F)(F)F)cc1)n1nc2c(Cl)cc(Cl)c(Br)c2n1.